The lowest BCUT2D eigenvalue weighted by Gasteiger charge is -2.23. The Morgan fingerprint density at radius 1 is 1.47 bits per heavy atom. The van der Waals surface area contributed by atoms with Gasteiger partial charge in [-0.3, -0.25) is 4.79 Å². The number of rotatable bonds is 2. The van der Waals surface area contributed by atoms with Gasteiger partial charge in [0.15, 0.2) is 0 Å². The predicted molar refractivity (Wildman–Crippen MR) is 58.0 cm³/mol. The number of piperidine rings is 1. The van der Waals surface area contributed by atoms with E-state index in [2.05, 4.69) is 5.32 Å². The fraction of sp³-hybridized carbons (Fsp3) is 0.417. The quantitative estimate of drug-likeness (QED) is 0.798. The SMILES string of the molecule is COc1cccc(C2CC(=O)CCN2)c1. The Morgan fingerprint density at radius 2 is 2.33 bits per heavy atom. The van der Waals surface area contributed by atoms with Crippen molar-refractivity contribution in [2.24, 2.45) is 0 Å². The van der Waals surface area contributed by atoms with E-state index in [0.29, 0.717) is 18.6 Å². The van der Waals surface area contributed by atoms with Gasteiger partial charge < -0.3 is 10.1 Å². The molecule has 0 aliphatic carbocycles. The Bertz CT molecular complexity index is 362. The second kappa shape index (κ2) is 4.45. The monoisotopic (exact) mass is 205 g/mol. The molecule has 0 aromatic heterocycles. The molecular weight excluding hydrogens is 190 g/mol. The van der Waals surface area contributed by atoms with Crippen LogP contribution in [0.2, 0.25) is 0 Å². The van der Waals surface area contributed by atoms with E-state index in [0.717, 1.165) is 17.9 Å². The summed E-state index contributed by atoms with van der Waals surface area (Å²) in [5.41, 5.74) is 1.13. The topological polar surface area (TPSA) is 38.3 Å². The average molecular weight is 205 g/mol. The zero-order valence-electron chi connectivity index (χ0n) is 8.82. The van der Waals surface area contributed by atoms with Crippen LogP contribution in [-0.4, -0.2) is 19.4 Å². The molecule has 1 heterocycles. The zero-order chi connectivity index (χ0) is 10.7. The smallest absolute Gasteiger partial charge is 0.136 e. The fourth-order valence-electron chi connectivity index (χ4n) is 1.88. The highest BCUT2D eigenvalue weighted by Crippen LogP contribution is 2.24. The lowest BCUT2D eigenvalue weighted by Crippen LogP contribution is -2.31. The van der Waals surface area contributed by atoms with Gasteiger partial charge in [0, 0.05) is 25.4 Å². The van der Waals surface area contributed by atoms with Crippen LogP contribution in [0.5, 0.6) is 5.75 Å². The van der Waals surface area contributed by atoms with Gasteiger partial charge in [-0.1, -0.05) is 12.1 Å². The molecule has 0 saturated carbocycles. The largest absolute Gasteiger partial charge is 0.497 e. The van der Waals surface area contributed by atoms with Crippen LogP contribution in [-0.2, 0) is 4.79 Å². The Morgan fingerprint density at radius 3 is 3.07 bits per heavy atom. The highest BCUT2D eigenvalue weighted by atomic mass is 16.5. The standard InChI is InChI=1S/C12H15NO2/c1-15-11-4-2-3-9(7-11)12-8-10(14)5-6-13-12/h2-4,7,12-13H,5-6,8H2,1H3. The van der Waals surface area contributed by atoms with Crippen molar-refractivity contribution in [1.82, 2.24) is 5.32 Å². The van der Waals surface area contributed by atoms with Gasteiger partial charge in [-0.15, -0.1) is 0 Å². The van der Waals surface area contributed by atoms with Crippen LogP contribution in [0, 0.1) is 0 Å². The summed E-state index contributed by atoms with van der Waals surface area (Å²) >= 11 is 0. The maximum Gasteiger partial charge on any atom is 0.136 e. The summed E-state index contributed by atoms with van der Waals surface area (Å²) < 4.78 is 5.16. The Labute approximate surface area is 89.4 Å². The van der Waals surface area contributed by atoms with Crippen molar-refractivity contribution >= 4 is 5.78 Å². The third-order valence-electron chi connectivity index (χ3n) is 2.72. The second-order valence-electron chi connectivity index (χ2n) is 3.78. The predicted octanol–water partition coefficient (Wildman–Crippen LogP) is 1.69. The minimum absolute atomic E-state index is 0.154. The molecule has 0 bridgehead atoms. The van der Waals surface area contributed by atoms with E-state index >= 15 is 0 Å². The van der Waals surface area contributed by atoms with E-state index in [1.165, 1.54) is 0 Å². The van der Waals surface area contributed by atoms with E-state index in [1.54, 1.807) is 7.11 Å². The summed E-state index contributed by atoms with van der Waals surface area (Å²) in [5, 5.41) is 3.34. The molecule has 1 atom stereocenters. The van der Waals surface area contributed by atoms with Gasteiger partial charge in [0.1, 0.15) is 11.5 Å². The first-order chi connectivity index (χ1) is 7.29. The normalized spacial score (nSPS) is 21.4. The Balaban J connectivity index is 2.17. The molecule has 80 valence electrons. The van der Waals surface area contributed by atoms with Gasteiger partial charge in [0.25, 0.3) is 0 Å². The number of methoxy groups -OCH3 is 1. The summed E-state index contributed by atoms with van der Waals surface area (Å²) in [6.45, 7) is 0.778. The summed E-state index contributed by atoms with van der Waals surface area (Å²) in [5.74, 6) is 1.17. The highest BCUT2D eigenvalue weighted by molar-refractivity contribution is 5.80. The van der Waals surface area contributed by atoms with E-state index in [1.807, 2.05) is 24.3 Å². The Kier molecular flexibility index (Phi) is 3.02. The van der Waals surface area contributed by atoms with Crippen LogP contribution in [0.1, 0.15) is 24.4 Å². The van der Waals surface area contributed by atoms with Crippen LogP contribution in [0.4, 0.5) is 0 Å². The van der Waals surface area contributed by atoms with Crippen molar-refractivity contribution in [3.63, 3.8) is 0 Å². The first-order valence-corrected chi connectivity index (χ1v) is 5.18. The van der Waals surface area contributed by atoms with Crippen molar-refractivity contribution in [1.29, 1.82) is 0 Å². The molecule has 1 fully saturated rings. The summed E-state index contributed by atoms with van der Waals surface area (Å²) in [4.78, 5) is 11.3. The molecular formula is C12H15NO2. The van der Waals surface area contributed by atoms with Gasteiger partial charge in [-0.2, -0.15) is 0 Å². The molecule has 3 heteroatoms. The molecule has 0 spiro atoms. The molecule has 0 amide bonds. The number of hydrogen-bond donors (Lipinski definition) is 1. The zero-order valence-corrected chi connectivity index (χ0v) is 8.82. The second-order valence-corrected chi connectivity index (χ2v) is 3.78. The number of benzene rings is 1. The maximum atomic E-state index is 11.3. The maximum absolute atomic E-state index is 11.3. The molecule has 2 rings (SSSR count). The van der Waals surface area contributed by atoms with Crippen LogP contribution in [0.3, 0.4) is 0 Å². The van der Waals surface area contributed by atoms with E-state index in [4.69, 9.17) is 4.74 Å². The lowest BCUT2D eigenvalue weighted by molar-refractivity contribution is -0.120. The van der Waals surface area contributed by atoms with Gasteiger partial charge in [-0.05, 0) is 17.7 Å². The van der Waals surface area contributed by atoms with E-state index < -0.39 is 0 Å². The van der Waals surface area contributed by atoms with Crippen LogP contribution >= 0.6 is 0 Å². The molecule has 1 unspecified atom stereocenters. The Hall–Kier alpha value is -1.35. The minimum atomic E-state index is 0.154. The van der Waals surface area contributed by atoms with Crippen molar-refractivity contribution < 1.29 is 9.53 Å². The molecule has 1 aliphatic heterocycles. The fourth-order valence-corrected chi connectivity index (χ4v) is 1.88. The average Bonchev–Trinajstić information content (AvgIpc) is 2.29. The van der Waals surface area contributed by atoms with Gasteiger partial charge in [0.05, 0.1) is 7.11 Å². The number of carbonyl (C=O) groups is 1. The number of Topliss-reactive ketones (excluding diaryl/α,β-unsaturated/α-hetero) is 1. The molecule has 1 N–H and O–H groups in total. The molecule has 1 saturated heterocycles. The van der Waals surface area contributed by atoms with Crippen LogP contribution in [0.25, 0.3) is 0 Å². The van der Waals surface area contributed by atoms with Crippen molar-refractivity contribution in [2.75, 3.05) is 13.7 Å². The van der Waals surface area contributed by atoms with E-state index in [9.17, 15) is 4.79 Å². The summed E-state index contributed by atoms with van der Waals surface area (Å²) in [7, 11) is 1.65. The summed E-state index contributed by atoms with van der Waals surface area (Å²) in [6.07, 6.45) is 1.24. The molecule has 0 radical (unpaired) electrons. The molecule has 1 aromatic rings. The highest BCUT2D eigenvalue weighted by Gasteiger charge is 2.20. The first kappa shape index (κ1) is 10.2. The molecule has 15 heavy (non-hydrogen) atoms. The molecule has 1 aliphatic rings. The minimum Gasteiger partial charge on any atom is -0.497 e. The number of carbonyl (C=O) groups excluding carboxylic acids is 1. The van der Waals surface area contributed by atoms with Crippen molar-refractivity contribution in [3.8, 4) is 5.75 Å². The van der Waals surface area contributed by atoms with Gasteiger partial charge >= 0.3 is 0 Å². The van der Waals surface area contributed by atoms with Crippen molar-refractivity contribution in [3.05, 3.63) is 29.8 Å². The van der Waals surface area contributed by atoms with Gasteiger partial charge in [-0.25, -0.2) is 0 Å². The number of ketones is 1. The third kappa shape index (κ3) is 2.36. The third-order valence-corrected chi connectivity index (χ3v) is 2.72. The number of ether oxygens (including phenoxy) is 1. The van der Waals surface area contributed by atoms with E-state index in [-0.39, 0.29) is 6.04 Å². The van der Waals surface area contributed by atoms with Crippen molar-refractivity contribution in [2.45, 2.75) is 18.9 Å². The first-order valence-electron chi connectivity index (χ1n) is 5.18. The lowest BCUT2D eigenvalue weighted by atomic mass is 9.96. The summed E-state index contributed by atoms with van der Waals surface area (Å²) in [6, 6.07) is 8.03. The number of nitrogens with one attached hydrogen (secondary N) is 1. The molecule has 1 aromatic carbocycles. The van der Waals surface area contributed by atoms with Crippen LogP contribution in [0.15, 0.2) is 24.3 Å². The number of hydrogen-bond acceptors (Lipinski definition) is 3. The van der Waals surface area contributed by atoms with Gasteiger partial charge in [0.2, 0.25) is 0 Å². The molecule has 3 nitrogen and oxygen atoms in total. The van der Waals surface area contributed by atoms with Crippen LogP contribution < -0.4 is 10.1 Å².